The molecule has 2 aromatic heterocycles. The van der Waals surface area contributed by atoms with Crippen molar-refractivity contribution in [3.05, 3.63) is 36.3 Å². The summed E-state index contributed by atoms with van der Waals surface area (Å²) in [5.74, 6) is 0. The lowest BCUT2D eigenvalue weighted by atomic mass is 10.2. The molecule has 2 aromatic rings. The van der Waals surface area contributed by atoms with E-state index in [9.17, 15) is 8.42 Å². The monoisotopic (exact) mass is 278 g/mol. The Morgan fingerprint density at radius 1 is 1.32 bits per heavy atom. The van der Waals surface area contributed by atoms with Gasteiger partial charge in [0.05, 0.1) is 11.9 Å². The van der Waals surface area contributed by atoms with Crippen molar-refractivity contribution in [2.45, 2.75) is 24.9 Å². The lowest BCUT2D eigenvalue weighted by Crippen LogP contribution is -2.31. The normalized spacial score (nSPS) is 14.7. The van der Waals surface area contributed by atoms with Crippen molar-refractivity contribution in [2.75, 3.05) is 10.8 Å². The van der Waals surface area contributed by atoms with Crippen LogP contribution in [-0.2, 0) is 23.0 Å². The highest BCUT2D eigenvalue weighted by Crippen LogP contribution is 2.31. The fraction of sp³-hybridized carbons (Fsp3) is 0.333. The van der Waals surface area contributed by atoms with Gasteiger partial charge in [-0.1, -0.05) is 0 Å². The molecular formula is C12H14N4O2S. The summed E-state index contributed by atoms with van der Waals surface area (Å²) in [6, 6.07) is 3.28. The van der Waals surface area contributed by atoms with Gasteiger partial charge in [-0.25, -0.2) is 0 Å². The first-order valence-corrected chi connectivity index (χ1v) is 7.56. The highest BCUT2D eigenvalue weighted by Gasteiger charge is 2.32. The largest absolute Gasteiger partial charge is 0.281 e. The summed E-state index contributed by atoms with van der Waals surface area (Å²) in [7, 11) is -3.55. The topological polar surface area (TPSA) is 68.1 Å². The van der Waals surface area contributed by atoms with E-state index >= 15 is 0 Å². The number of anilines is 1. The van der Waals surface area contributed by atoms with Gasteiger partial charge in [-0.2, -0.15) is 13.5 Å². The van der Waals surface area contributed by atoms with E-state index in [0.717, 1.165) is 11.3 Å². The van der Waals surface area contributed by atoms with Crippen LogP contribution in [0.4, 0.5) is 5.69 Å². The molecule has 0 radical (unpaired) electrons. The Hall–Kier alpha value is -1.89. The second-order valence-electron chi connectivity index (χ2n) is 4.32. The third-order valence-corrected chi connectivity index (χ3v) is 5.10. The summed E-state index contributed by atoms with van der Waals surface area (Å²) in [6.45, 7) is 2.85. The predicted octanol–water partition coefficient (Wildman–Crippen LogP) is 1.05. The van der Waals surface area contributed by atoms with Crippen LogP contribution in [0.25, 0.3) is 0 Å². The molecule has 0 atom stereocenters. The quantitative estimate of drug-likeness (QED) is 0.841. The highest BCUT2D eigenvalue weighted by atomic mass is 32.2. The zero-order valence-electron chi connectivity index (χ0n) is 10.5. The van der Waals surface area contributed by atoms with Crippen LogP contribution in [0.5, 0.6) is 0 Å². The van der Waals surface area contributed by atoms with Crippen LogP contribution in [0.15, 0.2) is 35.7 Å². The van der Waals surface area contributed by atoms with E-state index in [0.29, 0.717) is 19.5 Å². The average molecular weight is 278 g/mol. The van der Waals surface area contributed by atoms with Crippen molar-refractivity contribution < 1.29 is 8.42 Å². The Balaban J connectivity index is 2.08. The number of sulfonamides is 1. The average Bonchev–Trinajstić information content (AvgIpc) is 3.05. The number of aromatic nitrogens is 3. The van der Waals surface area contributed by atoms with Gasteiger partial charge < -0.3 is 0 Å². The van der Waals surface area contributed by atoms with Gasteiger partial charge >= 0.3 is 0 Å². The smallest absolute Gasteiger partial charge is 0.264 e. The van der Waals surface area contributed by atoms with Crippen molar-refractivity contribution in [2.24, 2.45) is 0 Å². The molecule has 19 heavy (non-hydrogen) atoms. The highest BCUT2D eigenvalue weighted by molar-refractivity contribution is 7.92. The zero-order valence-corrected chi connectivity index (χ0v) is 11.3. The number of hydrogen-bond donors (Lipinski definition) is 0. The lowest BCUT2D eigenvalue weighted by Gasteiger charge is -2.19. The molecule has 0 saturated carbocycles. The maximum Gasteiger partial charge on any atom is 0.281 e. The molecule has 100 valence electrons. The van der Waals surface area contributed by atoms with E-state index < -0.39 is 10.0 Å². The standard InChI is InChI=1S/C12H14N4O2S/c1-2-15-12(4-7-14-15)19(17,18)16-8-5-10-9-13-6-3-11(10)16/h3-4,6-7,9H,2,5,8H2,1H3. The van der Waals surface area contributed by atoms with Crippen molar-refractivity contribution in [1.82, 2.24) is 14.8 Å². The van der Waals surface area contributed by atoms with E-state index in [1.54, 1.807) is 18.5 Å². The summed E-state index contributed by atoms with van der Waals surface area (Å²) >= 11 is 0. The molecule has 6 nitrogen and oxygen atoms in total. The van der Waals surface area contributed by atoms with Crippen LogP contribution in [0, 0.1) is 0 Å². The predicted molar refractivity (Wildman–Crippen MR) is 70.4 cm³/mol. The molecule has 3 rings (SSSR count). The summed E-state index contributed by atoms with van der Waals surface area (Å²) in [5.41, 5.74) is 1.69. The van der Waals surface area contributed by atoms with Gasteiger partial charge in [-0.05, 0) is 31.0 Å². The molecule has 7 heteroatoms. The maximum atomic E-state index is 12.7. The van der Waals surface area contributed by atoms with Crippen molar-refractivity contribution in [3.63, 3.8) is 0 Å². The van der Waals surface area contributed by atoms with Crippen molar-refractivity contribution in [1.29, 1.82) is 0 Å². The molecule has 1 aliphatic rings. The van der Waals surface area contributed by atoms with E-state index in [1.165, 1.54) is 21.3 Å². The maximum absolute atomic E-state index is 12.7. The fourth-order valence-corrected chi connectivity index (χ4v) is 4.01. The lowest BCUT2D eigenvalue weighted by molar-refractivity contribution is 0.552. The number of hydrogen-bond acceptors (Lipinski definition) is 4. The van der Waals surface area contributed by atoms with Gasteiger partial charge in [0.2, 0.25) is 0 Å². The summed E-state index contributed by atoms with van der Waals surface area (Å²) in [4.78, 5) is 4.03. The van der Waals surface area contributed by atoms with E-state index in [2.05, 4.69) is 10.1 Å². The number of rotatable bonds is 3. The Morgan fingerprint density at radius 2 is 2.16 bits per heavy atom. The number of aryl methyl sites for hydroxylation is 1. The molecule has 0 unspecified atom stereocenters. The van der Waals surface area contributed by atoms with Gasteiger partial charge in [0.25, 0.3) is 10.0 Å². The minimum Gasteiger partial charge on any atom is -0.264 e. The molecule has 0 N–H and O–H groups in total. The van der Waals surface area contributed by atoms with Gasteiger partial charge in [-0.3, -0.25) is 14.0 Å². The summed E-state index contributed by atoms with van der Waals surface area (Å²) in [6.07, 6.45) is 5.55. The first-order chi connectivity index (χ1) is 9.14. The van der Waals surface area contributed by atoms with Crippen molar-refractivity contribution in [3.8, 4) is 0 Å². The molecular weight excluding hydrogens is 264 g/mol. The molecule has 0 saturated heterocycles. The summed E-state index contributed by atoms with van der Waals surface area (Å²) < 4.78 is 28.3. The Bertz CT molecular complexity index is 708. The first-order valence-electron chi connectivity index (χ1n) is 6.12. The van der Waals surface area contributed by atoms with Gasteiger partial charge in [0, 0.05) is 25.5 Å². The van der Waals surface area contributed by atoms with E-state index in [-0.39, 0.29) is 5.03 Å². The third kappa shape index (κ3) is 1.81. The molecule has 0 aliphatic carbocycles. The minimum absolute atomic E-state index is 0.236. The molecule has 0 amide bonds. The first kappa shape index (κ1) is 12.2. The summed E-state index contributed by atoms with van der Waals surface area (Å²) in [5, 5.41) is 4.26. The van der Waals surface area contributed by atoms with Gasteiger partial charge in [0.1, 0.15) is 0 Å². The second-order valence-corrected chi connectivity index (χ2v) is 6.13. The minimum atomic E-state index is -3.55. The van der Waals surface area contributed by atoms with Crippen LogP contribution in [0.3, 0.4) is 0 Å². The SMILES string of the molecule is CCn1nccc1S(=O)(=O)N1CCc2cnccc21. The third-order valence-electron chi connectivity index (χ3n) is 3.26. The van der Waals surface area contributed by atoms with E-state index in [1.807, 2.05) is 6.92 Å². The Labute approximate surface area is 111 Å². The molecule has 0 fully saturated rings. The van der Waals surface area contributed by atoms with Crippen LogP contribution >= 0.6 is 0 Å². The molecule has 0 aromatic carbocycles. The zero-order chi connectivity index (χ0) is 13.5. The van der Waals surface area contributed by atoms with Crippen molar-refractivity contribution >= 4 is 15.7 Å². The van der Waals surface area contributed by atoms with Gasteiger partial charge in [0.15, 0.2) is 5.03 Å². The van der Waals surface area contributed by atoms with E-state index in [4.69, 9.17) is 0 Å². The van der Waals surface area contributed by atoms with Crippen LogP contribution in [-0.4, -0.2) is 29.7 Å². The van der Waals surface area contributed by atoms with Crippen LogP contribution in [0.1, 0.15) is 12.5 Å². The molecule has 3 heterocycles. The number of pyridine rings is 1. The second kappa shape index (κ2) is 4.34. The van der Waals surface area contributed by atoms with Crippen LogP contribution in [0.2, 0.25) is 0 Å². The molecule has 1 aliphatic heterocycles. The number of fused-ring (bicyclic) bond motifs is 1. The fourth-order valence-electron chi connectivity index (χ4n) is 2.34. The Morgan fingerprint density at radius 3 is 2.95 bits per heavy atom. The number of nitrogens with zero attached hydrogens (tertiary/aromatic N) is 4. The van der Waals surface area contributed by atoms with Crippen LogP contribution < -0.4 is 4.31 Å². The molecule has 0 bridgehead atoms. The van der Waals surface area contributed by atoms with Gasteiger partial charge in [-0.15, -0.1) is 0 Å². The molecule has 0 spiro atoms. The Kier molecular flexibility index (Phi) is 2.78.